The molecule has 0 atom stereocenters. The molecule has 4 aromatic rings. The summed E-state index contributed by atoms with van der Waals surface area (Å²) in [5.41, 5.74) is 5.28. The van der Waals surface area contributed by atoms with E-state index in [1.54, 1.807) is 78.9 Å². The number of anilines is 1. The second kappa shape index (κ2) is 12.3. The number of esters is 1. The zero-order valence-electron chi connectivity index (χ0n) is 20.1. The van der Waals surface area contributed by atoms with Gasteiger partial charge in [0.05, 0.1) is 23.0 Å². The van der Waals surface area contributed by atoms with Crippen LogP contribution in [0.15, 0.2) is 101 Å². The van der Waals surface area contributed by atoms with Crippen molar-refractivity contribution in [3.05, 3.63) is 128 Å². The second-order valence-corrected chi connectivity index (χ2v) is 9.50. The van der Waals surface area contributed by atoms with E-state index in [2.05, 4.69) is 31.8 Å². The highest BCUT2D eigenvalue weighted by molar-refractivity contribution is 9.10. The number of hydrogen-bond acceptors (Lipinski definition) is 5. The van der Waals surface area contributed by atoms with Gasteiger partial charge in [-0.05, 0) is 73.7 Å². The third kappa shape index (κ3) is 6.94. The Morgan fingerprint density at radius 2 is 1.55 bits per heavy atom. The van der Waals surface area contributed by atoms with Crippen LogP contribution in [0.3, 0.4) is 0 Å². The van der Waals surface area contributed by atoms with Gasteiger partial charge in [-0.25, -0.2) is 10.2 Å². The van der Waals surface area contributed by atoms with Crippen LogP contribution in [0.2, 0.25) is 5.02 Å². The maximum absolute atomic E-state index is 12.9. The van der Waals surface area contributed by atoms with Crippen LogP contribution >= 0.6 is 27.5 Å². The first-order valence-corrected chi connectivity index (χ1v) is 12.5. The molecule has 4 aromatic carbocycles. The van der Waals surface area contributed by atoms with Crippen LogP contribution < -0.4 is 15.5 Å². The van der Waals surface area contributed by atoms with Crippen molar-refractivity contribution < 1.29 is 19.1 Å². The predicted octanol–water partition coefficient (Wildman–Crippen LogP) is 6.65. The number of nitrogens with one attached hydrogen (secondary N) is 2. The summed E-state index contributed by atoms with van der Waals surface area (Å²) in [7, 11) is 0. The molecule has 0 aliphatic heterocycles. The van der Waals surface area contributed by atoms with E-state index in [0.29, 0.717) is 27.4 Å². The Bertz CT molecular complexity index is 1520. The van der Waals surface area contributed by atoms with Crippen LogP contribution in [-0.2, 0) is 0 Å². The van der Waals surface area contributed by atoms with Crippen LogP contribution in [0.4, 0.5) is 5.69 Å². The number of hydrogen-bond donors (Lipinski definition) is 2. The Balaban J connectivity index is 1.47. The van der Waals surface area contributed by atoms with Crippen LogP contribution in [-0.4, -0.2) is 24.0 Å². The van der Waals surface area contributed by atoms with Crippen LogP contribution in [0.1, 0.15) is 42.2 Å². The zero-order chi connectivity index (χ0) is 27.1. The first-order valence-electron chi connectivity index (χ1n) is 11.4. The lowest BCUT2D eigenvalue weighted by atomic mass is 10.1. The molecule has 0 aliphatic rings. The molecule has 190 valence electrons. The molecule has 38 heavy (non-hydrogen) atoms. The fraction of sp³-hybridized carbons (Fsp3) is 0.0345. The minimum atomic E-state index is -0.540. The van der Waals surface area contributed by atoms with Gasteiger partial charge in [-0.1, -0.05) is 57.4 Å². The average Bonchev–Trinajstić information content (AvgIpc) is 2.91. The van der Waals surface area contributed by atoms with Crippen molar-refractivity contribution in [2.24, 2.45) is 5.10 Å². The maximum atomic E-state index is 12.9. The van der Waals surface area contributed by atoms with E-state index in [4.69, 9.17) is 16.3 Å². The van der Waals surface area contributed by atoms with E-state index >= 15 is 0 Å². The Morgan fingerprint density at radius 3 is 2.29 bits per heavy atom. The largest absolute Gasteiger partial charge is 0.422 e. The molecule has 7 nitrogen and oxygen atoms in total. The van der Waals surface area contributed by atoms with Gasteiger partial charge in [0.25, 0.3) is 11.8 Å². The molecule has 2 amide bonds. The summed E-state index contributed by atoms with van der Waals surface area (Å²) < 4.78 is 6.29. The van der Waals surface area contributed by atoms with E-state index < -0.39 is 11.9 Å². The van der Waals surface area contributed by atoms with E-state index in [1.807, 2.05) is 19.1 Å². The van der Waals surface area contributed by atoms with E-state index in [-0.39, 0.29) is 17.2 Å². The summed E-state index contributed by atoms with van der Waals surface area (Å²) in [5, 5.41) is 7.28. The summed E-state index contributed by atoms with van der Waals surface area (Å²) in [5.74, 6) is -1.18. The number of rotatable bonds is 7. The highest BCUT2D eigenvalue weighted by atomic mass is 79.9. The van der Waals surface area contributed by atoms with Crippen LogP contribution in [0.5, 0.6) is 5.75 Å². The van der Waals surface area contributed by atoms with Crippen LogP contribution in [0, 0.1) is 6.92 Å². The molecular formula is C29H21BrClN3O4. The summed E-state index contributed by atoms with van der Waals surface area (Å²) in [6.45, 7) is 1.93. The van der Waals surface area contributed by atoms with Gasteiger partial charge in [-0.3, -0.25) is 9.59 Å². The van der Waals surface area contributed by atoms with Gasteiger partial charge in [0.1, 0.15) is 5.75 Å². The molecule has 0 unspecified atom stereocenters. The smallest absolute Gasteiger partial charge is 0.343 e. The number of ether oxygens (including phenoxy) is 1. The number of halogens is 2. The third-order valence-electron chi connectivity index (χ3n) is 5.36. The Kier molecular flexibility index (Phi) is 8.68. The van der Waals surface area contributed by atoms with Crippen molar-refractivity contribution in [1.82, 2.24) is 5.43 Å². The standard InChI is InChI=1S/C29H21BrClN3O4/c1-18-6-8-20(9-7-18)29(37)38-26-15-12-22(30)16-21(26)17-32-34-28(36)24-4-2-3-5-25(24)33-27(35)19-10-13-23(31)14-11-19/h2-17H,1H3,(H,33,35)(H,34,36)/b32-17-. The summed E-state index contributed by atoms with van der Waals surface area (Å²) >= 11 is 9.28. The van der Waals surface area contributed by atoms with Gasteiger partial charge in [0, 0.05) is 20.6 Å². The summed E-state index contributed by atoms with van der Waals surface area (Å²) in [6.07, 6.45) is 1.37. The minimum Gasteiger partial charge on any atom is -0.422 e. The molecular weight excluding hydrogens is 570 g/mol. The molecule has 0 heterocycles. The first-order chi connectivity index (χ1) is 18.3. The highest BCUT2D eigenvalue weighted by Crippen LogP contribution is 2.23. The lowest BCUT2D eigenvalue weighted by molar-refractivity contribution is 0.0733. The number of benzene rings is 4. The van der Waals surface area contributed by atoms with Gasteiger partial charge in [-0.15, -0.1) is 0 Å². The third-order valence-corrected chi connectivity index (χ3v) is 6.10. The van der Waals surface area contributed by atoms with Crippen molar-refractivity contribution in [2.75, 3.05) is 5.32 Å². The highest BCUT2D eigenvalue weighted by Gasteiger charge is 2.15. The number of carbonyl (C=O) groups excluding carboxylic acids is 3. The molecule has 0 bridgehead atoms. The SMILES string of the molecule is Cc1ccc(C(=O)Oc2ccc(Br)cc2/C=N\NC(=O)c2ccccc2NC(=O)c2ccc(Cl)cc2)cc1. The number of carbonyl (C=O) groups is 3. The molecule has 0 spiro atoms. The minimum absolute atomic E-state index is 0.215. The fourth-order valence-corrected chi connectivity index (χ4v) is 3.87. The normalized spacial score (nSPS) is 10.7. The van der Waals surface area contributed by atoms with Gasteiger partial charge in [0.2, 0.25) is 0 Å². The van der Waals surface area contributed by atoms with E-state index in [9.17, 15) is 14.4 Å². The fourth-order valence-electron chi connectivity index (χ4n) is 3.37. The summed E-state index contributed by atoms with van der Waals surface area (Å²) in [6, 6.07) is 25.0. The van der Waals surface area contributed by atoms with Gasteiger partial charge < -0.3 is 10.1 Å². The monoisotopic (exact) mass is 589 g/mol. The number of nitrogens with zero attached hydrogens (tertiary/aromatic N) is 1. The van der Waals surface area contributed by atoms with E-state index in [1.165, 1.54) is 6.21 Å². The molecule has 9 heteroatoms. The number of para-hydroxylation sites is 1. The van der Waals surface area contributed by atoms with Gasteiger partial charge in [0.15, 0.2) is 0 Å². The lowest BCUT2D eigenvalue weighted by Gasteiger charge is -2.10. The van der Waals surface area contributed by atoms with Crippen molar-refractivity contribution in [1.29, 1.82) is 0 Å². The predicted molar refractivity (Wildman–Crippen MR) is 151 cm³/mol. The number of aryl methyl sites for hydroxylation is 1. The van der Waals surface area contributed by atoms with Crippen molar-refractivity contribution in [3.63, 3.8) is 0 Å². The summed E-state index contributed by atoms with van der Waals surface area (Å²) in [4.78, 5) is 38.1. The number of hydrazone groups is 1. The molecule has 0 aromatic heterocycles. The van der Waals surface area contributed by atoms with Crippen molar-refractivity contribution in [3.8, 4) is 5.75 Å². The number of amides is 2. The Hall–Kier alpha value is -4.27. The van der Waals surface area contributed by atoms with Gasteiger partial charge in [-0.2, -0.15) is 5.10 Å². The molecule has 0 fully saturated rings. The molecule has 0 saturated carbocycles. The lowest BCUT2D eigenvalue weighted by Crippen LogP contribution is -2.21. The second-order valence-electron chi connectivity index (χ2n) is 8.14. The Labute approximate surface area is 232 Å². The first kappa shape index (κ1) is 26.8. The molecule has 0 radical (unpaired) electrons. The molecule has 0 saturated heterocycles. The van der Waals surface area contributed by atoms with Gasteiger partial charge >= 0.3 is 5.97 Å². The van der Waals surface area contributed by atoms with Crippen molar-refractivity contribution >= 4 is 57.2 Å². The van der Waals surface area contributed by atoms with Crippen LogP contribution in [0.25, 0.3) is 0 Å². The quantitative estimate of drug-likeness (QED) is 0.109. The van der Waals surface area contributed by atoms with E-state index in [0.717, 1.165) is 10.0 Å². The molecule has 0 aliphatic carbocycles. The van der Waals surface area contributed by atoms with Crippen molar-refractivity contribution in [2.45, 2.75) is 6.92 Å². The maximum Gasteiger partial charge on any atom is 0.343 e. The molecule has 2 N–H and O–H groups in total. The Morgan fingerprint density at radius 1 is 0.868 bits per heavy atom. The average molecular weight is 591 g/mol. The zero-order valence-corrected chi connectivity index (χ0v) is 22.4. The molecule has 4 rings (SSSR count). The topological polar surface area (TPSA) is 96.9 Å².